The van der Waals surface area contributed by atoms with Gasteiger partial charge in [0.05, 0.1) is 17.8 Å². The van der Waals surface area contributed by atoms with Gasteiger partial charge in [-0.1, -0.05) is 13.8 Å². The minimum Gasteiger partial charge on any atom is -0.356 e. The van der Waals surface area contributed by atoms with Gasteiger partial charge in [0.1, 0.15) is 0 Å². The standard InChI is InChI=1S/C16H24N4O2/c1-11(2)8-19-10-14(7-18-19)20-9-13(5-15(20)21)16(22)17-6-12-3-4-12/h7,10-13H,3-6,8-9H2,1-2H3,(H,17,22)/t13-/m1/s1. The van der Waals surface area contributed by atoms with Gasteiger partial charge in [0, 0.05) is 32.3 Å². The molecule has 120 valence electrons. The second kappa shape index (κ2) is 6.10. The van der Waals surface area contributed by atoms with Gasteiger partial charge in [-0.05, 0) is 24.7 Å². The van der Waals surface area contributed by atoms with Crippen molar-refractivity contribution in [2.45, 2.75) is 39.7 Å². The molecule has 1 aliphatic carbocycles. The van der Waals surface area contributed by atoms with E-state index in [1.807, 2.05) is 10.9 Å². The number of hydrogen-bond donors (Lipinski definition) is 1. The van der Waals surface area contributed by atoms with Crippen molar-refractivity contribution < 1.29 is 9.59 Å². The van der Waals surface area contributed by atoms with Crippen molar-refractivity contribution in [3.63, 3.8) is 0 Å². The SMILES string of the molecule is CC(C)Cn1cc(N2C[C@H](C(=O)NCC3CC3)CC2=O)cn1. The molecule has 1 atom stereocenters. The van der Waals surface area contributed by atoms with Crippen LogP contribution in [0.3, 0.4) is 0 Å². The molecule has 1 aromatic heterocycles. The minimum absolute atomic E-state index is 0.00988. The third-order valence-corrected chi connectivity index (χ3v) is 4.24. The number of nitrogens with one attached hydrogen (secondary N) is 1. The molecule has 2 fully saturated rings. The van der Waals surface area contributed by atoms with Crippen LogP contribution in [0.4, 0.5) is 5.69 Å². The fourth-order valence-corrected chi connectivity index (χ4v) is 2.81. The Morgan fingerprint density at radius 3 is 2.91 bits per heavy atom. The van der Waals surface area contributed by atoms with Crippen LogP contribution in [0.2, 0.25) is 0 Å². The lowest BCUT2D eigenvalue weighted by Crippen LogP contribution is -2.34. The number of hydrogen-bond acceptors (Lipinski definition) is 3. The van der Waals surface area contributed by atoms with E-state index in [2.05, 4.69) is 24.3 Å². The summed E-state index contributed by atoms with van der Waals surface area (Å²) in [6.45, 7) is 6.30. The molecule has 2 amide bonds. The van der Waals surface area contributed by atoms with Gasteiger partial charge in [-0.3, -0.25) is 14.3 Å². The number of aromatic nitrogens is 2. The van der Waals surface area contributed by atoms with E-state index < -0.39 is 0 Å². The molecule has 1 aromatic rings. The molecule has 6 nitrogen and oxygen atoms in total. The van der Waals surface area contributed by atoms with Crippen LogP contribution in [-0.2, 0) is 16.1 Å². The lowest BCUT2D eigenvalue weighted by Gasteiger charge is -2.14. The van der Waals surface area contributed by atoms with E-state index in [1.54, 1.807) is 11.1 Å². The fourth-order valence-electron chi connectivity index (χ4n) is 2.81. The van der Waals surface area contributed by atoms with Crippen LogP contribution in [0.5, 0.6) is 0 Å². The van der Waals surface area contributed by atoms with Gasteiger partial charge in [-0.15, -0.1) is 0 Å². The molecule has 0 bridgehead atoms. The topological polar surface area (TPSA) is 67.2 Å². The summed E-state index contributed by atoms with van der Waals surface area (Å²) < 4.78 is 1.85. The van der Waals surface area contributed by atoms with E-state index in [1.165, 1.54) is 12.8 Å². The summed E-state index contributed by atoms with van der Waals surface area (Å²) in [4.78, 5) is 26.0. The molecule has 0 aromatic carbocycles. The summed E-state index contributed by atoms with van der Waals surface area (Å²) in [5, 5.41) is 7.27. The van der Waals surface area contributed by atoms with Gasteiger partial charge in [-0.2, -0.15) is 5.10 Å². The molecule has 0 radical (unpaired) electrons. The Kier molecular flexibility index (Phi) is 4.18. The van der Waals surface area contributed by atoms with Gasteiger partial charge in [0.15, 0.2) is 0 Å². The third kappa shape index (κ3) is 3.48. The summed E-state index contributed by atoms with van der Waals surface area (Å²) in [7, 11) is 0. The predicted molar refractivity (Wildman–Crippen MR) is 83.3 cm³/mol. The summed E-state index contributed by atoms with van der Waals surface area (Å²) >= 11 is 0. The number of carbonyl (C=O) groups excluding carboxylic acids is 2. The Morgan fingerprint density at radius 2 is 2.23 bits per heavy atom. The van der Waals surface area contributed by atoms with Crippen LogP contribution < -0.4 is 10.2 Å². The first kappa shape index (κ1) is 15.1. The molecule has 1 saturated heterocycles. The zero-order chi connectivity index (χ0) is 15.7. The van der Waals surface area contributed by atoms with E-state index in [0.29, 0.717) is 24.8 Å². The van der Waals surface area contributed by atoms with Crippen molar-refractivity contribution in [3.05, 3.63) is 12.4 Å². The highest BCUT2D eigenvalue weighted by atomic mass is 16.2. The summed E-state index contributed by atoms with van der Waals surface area (Å²) in [5.74, 6) is 0.946. The summed E-state index contributed by atoms with van der Waals surface area (Å²) in [6.07, 6.45) is 6.33. The predicted octanol–water partition coefficient (Wildman–Crippen LogP) is 1.42. The molecule has 22 heavy (non-hydrogen) atoms. The van der Waals surface area contributed by atoms with E-state index in [9.17, 15) is 9.59 Å². The van der Waals surface area contributed by atoms with Crippen molar-refractivity contribution >= 4 is 17.5 Å². The second-order valence-corrected chi connectivity index (χ2v) is 6.91. The largest absolute Gasteiger partial charge is 0.356 e. The molecule has 3 rings (SSSR count). The number of anilines is 1. The van der Waals surface area contributed by atoms with Crippen molar-refractivity contribution in [2.24, 2.45) is 17.8 Å². The van der Waals surface area contributed by atoms with Crippen LogP contribution in [-0.4, -0.2) is 34.7 Å². The van der Waals surface area contributed by atoms with E-state index >= 15 is 0 Å². The van der Waals surface area contributed by atoms with E-state index in [0.717, 1.165) is 18.8 Å². The smallest absolute Gasteiger partial charge is 0.227 e. The lowest BCUT2D eigenvalue weighted by atomic mass is 10.1. The molecular formula is C16H24N4O2. The maximum absolute atomic E-state index is 12.2. The molecule has 6 heteroatoms. The van der Waals surface area contributed by atoms with Gasteiger partial charge >= 0.3 is 0 Å². The quantitative estimate of drug-likeness (QED) is 0.864. The molecule has 0 spiro atoms. The average molecular weight is 304 g/mol. The zero-order valence-corrected chi connectivity index (χ0v) is 13.3. The Morgan fingerprint density at radius 1 is 1.45 bits per heavy atom. The highest BCUT2D eigenvalue weighted by Crippen LogP contribution is 2.28. The Balaban J connectivity index is 1.58. The van der Waals surface area contributed by atoms with Gasteiger partial charge in [0.2, 0.25) is 11.8 Å². The molecule has 0 unspecified atom stereocenters. The van der Waals surface area contributed by atoms with Gasteiger partial charge in [-0.25, -0.2) is 0 Å². The number of nitrogens with zero attached hydrogens (tertiary/aromatic N) is 3. The van der Waals surface area contributed by atoms with Crippen LogP contribution in [0.25, 0.3) is 0 Å². The second-order valence-electron chi connectivity index (χ2n) is 6.91. The highest BCUT2D eigenvalue weighted by Gasteiger charge is 2.36. The molecule has 1 aliphatic heterocycles. The Hall–Kier alpha value is -1.85. The van der Waals surface area contributed by atoms with Crippen molar-refractivity contribution in [2.75, 3.05) is 18.0 Å². The first-order valence-electron chi connectivity index (χ1n) is 8.13. The van der Waals surface area contributed by atoms with Crippen LogP contribution in [0, 0.1) is 17.8 Å². The van der Waals surface area contributed by atoms with Crippen molar-refractivity contribution in [3.8, 4) is 0 Å². The molecule has 2 heterocycles. The third-order valence-electron chi connectivity index (χ3n) is 4.24. The summed E-state index contributed by atoms with van der Waals surface area (Å²) in [5.41, 5.74) is 0.795. The highest BCUT2D eigenvalue weighted by molar-refractivity contribution is 6.00. The first-order valence-corrected chi connectivity index (χ1v) is 8.13. The van der Waals surface area contributed by atoms with Crippen molar-refractivity contribution in [1.82, 2.24) is 15.1 Å². The zero-order valence-electron chi connectivity index (χ0n) is 13.3. The number of rotatable bonds is 6. The molecule has 1 N–H and O–H groups in total. The van der Waals surface area contributed by atoms with Gasteiger partial charge in [0.25, 0.3) is 0 Å². The van der Waals surface area contributed by atoms with E-state index in [4.69, 9.17) is 0 Å². The van der Waals surface area contributed by atoms with E-state index in [-0.39, 0.29) is 17.7 Å². The minimum atomic E-state index is -0.236. The number of carbonyl (C=O) groups is 2. The molecule has 2 aliphatic rings. The summed E-state index contributed by atoms with van der Waals surface area (Å²) in [6, 6.07) is 0. The van der Waals surface area contributed by atoms with Crippen LogP contribution >= 0.6 is 0 Å². The first-order chi connectivity index (χ1) is 10.5. The lowest BCUT2D eigenvalue weighted by molar-refractivity contribution is -0.126. The maximum atomic E-state index is 12.2. The maximum Gasteiger partial charge on any atom is 0.227 e. The van der Waals surface area contributed by atoms with Crippen LogP contribution in [0.1, 0.15) is 33.1 Å². The number of amides is 2. The Labute approximate surface area is 130 Å². The fraction of sp³-hybridized carbons (Fsp3) is 0.688. The average Bonchev–Trinajstić information content (AvgIpc) is 3.05. The normalized spacial score (nSPS) is 21.7. The molecule has 1 saturated carbocycles. The molecular weight excluding hydrogens is 280 g/mol. The van der Waals surface area contributed by atoms with Gasteiger partial charge < -0.3 is 10.2 Å². The van der Waals surface area contributed by atoms with Crippen molar-refractivity contribution in [1.29, 1.82) is 0 Å². The van der Waals surface area contributed by atoms with Crippen LogP contribution in [0.15, 0.2) is 12.4 Å². The monoisotopic (exact) mass is 304 g/mol. The Bertz CT molecular complexity index is 562.